The molecule has 1 unspecified atom stereocenters. The number of alkyl halides is 1. The lowest BCUT2D eigenvalue weighted by atomic mass is 9.63. The first-order chi connectivity index (χ1) is 17.7. The number of halogens is 1. The number of nitrogens with zero attached hydrogens (tertiary/aromatic N) is 1. The SMILES string of the molecule is CC/C=C(\C=C1/CC(C)(C)CCC1(C)C)N(C1=CC(C)(Cl)CC(C)=C1)C1=C(c2ccccc2)C=C1C(C)C. The summed E-state index contributed by atoms with van der Waals surface area (Å²) < 4.78 is 0. The van der Waals surface area contributed by atoms with Crippen molar-refractivity contribution in [2.45, 2.75) is 99.3 Å². The van der Waals surface area contributed by atoms with Gasteiger partial charge in [0.15, 0.2) is 0 Å². The molecule has 0 radical (unpaired) electrons. The summed E-state index contributed by atoms with van der Waals surface area (Å²) in [5, 5.41) is 0. The Bertz CT molecular complexity index is 1240. The Hall–Kier alpha value is -2.25. The van der Waals surface area contributed by atoms with Crippen LogP contribution in [0.2, 0.25) is 0 Å². The molecule has 2 heteroatoms. The van der Waals surface area contributed by atoms with Gasteiger partial charge in [-0.3, -0.25) is 0 Å². The van der Waals surface area contributed by atoms with Crippen LogP contribution in [0.5, 0.6) is 0 Å². The molecule has 0 aliphatic heterocycles. The molecule has 1 nitrogen and oxygen atoms in total. The summed E-state index contributed by atoms with van der Waals surface area (Å²) in [5.41, 5.74) is 11.2. The second kappa shape index (κ2) is 10.7. The second-order valence-corrected chi connectivity index (χ2v) is 14.5. The molecule has 0 aromatic heterocycles. The average molecular weight is 530 g/mol. The Balaban J connectivity index is 1.96. The lowest BCUT2D eigenvalue weighted by Crippen LogP contribution is -2.33. The fourth-order valence-electron chi connectivity index (χ4n) is 6.19. The third kappa shape index (κ3) is 6.15. The molecule has 1 fully saturated rings. The zero-order valence-corrected chi connectivity index (χ0v) is 26.0. The Morgan fingerprint density at radius 3 is 2.29 bits per heavy atom. The van der Waals surface area contributed by atoms with Gasteiger partial charge in [-0.2, -0.15) is 0 Å². The lowest BCUT2D eigenvalue weighted by Gasteiger charge is -2.44. The van der Waals surface area contributed by atoms with Crippen LogP contribution in [0.3, 0.4) is 0 Å². The first-order valence-corrected chi connectivity index (χ1v) is 14.9. The van der Waals surface area contributed by atoms with E-state index in [4.69, 9.17) is 11.6 Å². The first-order valence-electron chi connectivity index (χ1n) is 14.5. The number of hydrogen-bond acceptors (Lipinski definition) is 1. The zero-order chi connectivity index (χ0) is 27.9. The molecule has 4 rings (SSSR count). The van der Waals surface area contributed by atoms with Crippen molar-refractivity contribution in [3.63, 3.8) is 0 Å². The maximum absolute atomic E-state index is 7.07. The van der Waals surface area contributed by atoms with Crippen LogP contribution in [-0.4, -0.2) is 9.77 Å². The molecule has 204 valence electrons. The highest BCUT2D eigenvalue weighted by Gasteiger charge is 2.38. The van der Waals surface area contributed by atoms with Crippen LogP contribution < -0.4 is 0 Å². The minimum atomic E-state index is -0.401. The van der Waals surface area contributed by atoms with E-state index in [-0.39, 0.29) is 5.41 Å². The highest BCUT2D eigenvalue weighted by atomic mass is 35.5. The zero-order valence-electron chi connectivity index (χ0n) is 25.2. The van der Waals surface area contributed by atoms with Gasteiger partial charge in [-0.1, -0.05) is 96.0 Å². The Morgan fingerprint density at radius 1 is 1.00 bits per heavy atom. The molecule has 1 atom stereocenters. The Morgan fingerprint density at radius 2 is 1.68 bits per heavy atom. The van der Waals surface area contributed by atoms with Crippen LogP contribution in [0.1, 0.15) is 100.0 Å². The molecular weight excluding hydrogens is 482 g/mol. The fraction of sp³-hybridized carbons (Fsp3) is 0.500. The van der Waals surface area contributed by atoms with Gasteiger partial charge in [-0.05, 0) is 98.1 Å². The molecule has 0 N–H and O–H groups in total. The van der Waals surface area contributed by atoms with Crippen LogP contribution in [0, 0.1) is 16.7 Å². The van der Waals surface area contributed by atoms with Gasteiger partial charge in [-0.15, -0.1) is 11.6 Å². The molecule has 3 aliphatic carbocycles. The highest BCUT2D eigenvalue weighted by molar-refractivity contribution is 6.25. The first kappa shape index (κ1) is 28.8. The average Bonchev–Trinajstić information content (AvgIpc) is 2.78. The predicted octanol–water partition coefficient (Wildman–Crippen LogP) is 11.0. The second-order valence-electron chi connectivity index (χ2n) is 13.7. The standard InChI is InChI=1S/C36H48ClN/c1-10-14-29(20-28-23-34(5,6)17-18-35(28,7)8)38(30-19-26(4)22-36(9,37)24-30)33-31(25(2)3)21-32(33)27-15-12-11-13-16-27/h11-16,19-21,24-25H,10,17-18,22-23H2,1-9H3/b28-20+,29-14+. The number of benzene rings is 1. The summed E-state index contributed by atoms with van der Waals surface area (Å²) >= 11 is 7.07. The highest BCUT2D eigenvalue weighted by Crippen LogP contribution is 2.50. The van der Waals surface area contributed by atoms with E-state index < -0.39 is 4.87 Å². The maximum atomic E-state index is 7.07. The smallest absolute Gasteiger partial charge is 0.0657 e. The minimum absolute atomic E-state index is 0.189. The van der Waals surface area contributed by atoms with Crippen LogP contribution in [-0.2, 0) is 0 Å². The van der Waals surface area contributed by atoms with E-state index in [1.54, 1.807) is 5.57 Å². The van der Waals surface area contributed by atoms with Gasteiger partial charge in [0.2, 0.25) is 0 Å². The van der Waals surface area contributed by atoms with Crippen molar-refractivity contribution in [2.24, 2.45) is 16.7 Å². The molecule has 1 aromatic rings. The topological polar surface area (TPSA) is 3.24 Å². The molecule has 0 heterocycles. The van der Waals surface area contributed by atoms with Crippen molar-refractivity contribution < 1.29 is 0 Å². The monoisotopic (exact) mass is 529 g/mol. The van der Waals surface area contributed by atoms with Crippen molar-refractivity contribution in [1.82, 2.24) is 4.90 Å². The summed E-state index contributed by atoms with van der Waals surface area (Å²) in [7, 11) is 0. The summed E-state index contributed by atoms with van der Waals surface area (Å²) in [6.45, 7) is 20.9. The lowest BCUT2D eigenvalue weighted by molar-refractivity contribution is 0.199. The largest absolute Gasteiger partial charge is 0.310 e. The quantitative estimate of drug-likeness (QED) is 0.317. The van der Waals surface area contributed by atoms with E-state index in [0.29, 0.717) is 11.3 Å². The summed E-state index contributed by atoms with van der Waals surface area (Å²) in [6.07, 6.45) is 17.5. The number of allylic oxidation sites excluding steroid dienone is 9. The molecular formula is C36H48ClN. The number of hydrogen-bond donors (Lipinski definition) is 0. The molecule has 0 bridgehead atoms. The minimum Gasteiger partial charge on any atom is -0.310 e. The van der Waals surface area contributed by atoms with Crippen LogP contribution >= 0.6 is 11.6 Å². The van der Waals surface area contributed by atoms with Crippen molar-refractivity contribution in [2.75, 3.05) is 0 Å². The third-order valence-corrected chi connectivity index (χ3v) is 8.69. The molecule has 1 aromatic carbocycles. The molecule has 0 saturated heterocycles. The van der Waals surface area contributed by atoms with E-state index >= 15 is 0 Å². The normalized spacial score (nSPS) is 26.1. The van der Waals surface area contributed by atoms with Gasteiger partial charge in [-0.25, -0.2) is 0 Å². The van der Waals surface area contributed by atoms with Crippen molar-refractivity contribution in [1.29, 1.82) is 0 Å². The van der Waals surface area contributed by atoms with E-state index in [9.17, 15) is 0 Å². The fourth-order valence-corrected chi connectivity index (χ4v) is 6.51. The van der Waals surface area contributed by atoms with Crippen molar-refractivity contribution in [3.05, 3.63) is 100 Å². The van der Waals surface area contributed by atoms with Gasteiger partial charge >= 0.3 is 0 Å². The van der Waals surface area contributed by atoms with Gasteiger partial charge in [0, 0.05) is 17.0 Å². The molecule has 0 amide bonds. The van der Waals surface area contributed by atoms with E-state index in [1.165, 1.54) is 52.2 Å². The Labute approximate surface area is 237 Å². The molecule has 0 spiro atoms. The van der Waals surface area contributed by atoms with Crippen molar-refractivity contribution in [3.8, 4) is 0 Å². The number of rotatable bonds is 7. The summed E-state index contributed by atoms with van der Waals surface area (Å²) in [4.78, 5) is 2.14. The van der Waals surface area contributed by atoms with E-state index in [1.807, 2.05) is 0 Å². The summed E-state index contributed by atoms with van der Waals surface area (Å²) in [6, 6.07) is 10.8. The molecule has 3 aliphatic rings. The van der Waals surface area contributed by atoms with Gasteiger partial charge in [0.1, 0.15) is 0 Å². The van der Waals surface area contributed by atoms with E-state index in [0.717, 1.165) is 19.3 Å². The third-order valence-electron chi connectivity index (χ3n) is 8.44. The molecule has 38 heavy (non-hydrogen) atoms. The summed E-state index contributed by atoms with van der Waals surface area (Å²) in [5.74, 6) is 0.428. The van der Waals surface area contributed by atoms with Gasteiger partial charge in [0.05, 0.1) is 10.6 Å². The van der Waals surface area contributed by atoms with Gasteiger partial charge in [0.25, 0.3) is 0 Å². The molecule has 1 saturated carbocycles. The maximum Gasteiger partial charge on any atom is 0.0657 e. The van der Waals surface area contributed by atoms with Crippen LogP contribution in [0.4, 0.5) is 0 Å². The van der Waals surface area contributed by atoms with E-state index in [2.05, 4.69) is 128 Å². The van der Waals surface area contributed by atoms with Gasteiger partial charge < -0.3 is 4.90 Å². The van der Waals surface area contributed by atoms with Crippen LogP contribution in [0.15, 0.2) is 94.5 Å². The predicted molar refractivity (Wildman–Crippen MR) is 167 cm³/mol. The Kier molecular flexibility index (Phi) is 8.11. The van der Waals surface area contributed by atoms with Crippen molar-refractivity contribution >= 4 is 17.2 Å². The van der Waals surface area contributed by atoms with Crippen LogP contribution in [0.25, 0.3) is 5.57 Å².